The highest BCUT2D eigenvalue weighted by Gasteiger charge is 2.45. The number of benzene rings is 2. The van der Waals surface area contributed by atoms with Crippen molar-refractivity contribution in [2.24, 2.45) is 5.41 Å². The van der Waals surface area contributed by atoms with Crippen LogP contribution < -0.4 is 0 Å². The molecule has 1 aliphatic carbocycles. The highest BCUT2D eigenvalue weighted by Crippen LogP contribution is 2.42. The molecule has 1 N–H and O–H groups in total. The van der Waals surface area contributed by atoms with E-state index in [1.807, 2.05) is 47.4 Å². The molecule has 1 unspecified atom stereocenters. The van der Waals surface area contributed by atoms with Gasteiger partial charge < -0.3 is 9.72 Å². The Balaban J connectivity index is 1.46. The summed E-state index contributed by atoms with van der Waals surface area (Å²) in [7, 11) is 0. The van der Waals surface area contributed by atoms with Gasteiger partial charge in [-0.05, 0) is 60.3 Å². The van der Waals surface area contributed by atoms with Crippen LogP contribution in [0.25, 0.3) is 22.5 Å². The van der Waals surface area contributed by atoms with Gasteiger partial charge in [-0.1, -0.05) is 50.2 Å². The molecule has 1 aromatic heterocycles. The Morgan fingerprint density at radius 2 is 1.81 bits per heavy atom. The van der Waals surface area contributed by atoms with Crippen LogP contribution in [0.1, 0.15) is 56.9 Å². The van der Waals surface area contributed by atoms with Gasteiger partial charge in [0.05, 0.1) is 0 Å². The van der Waals surface area contributed by atoms with E-state index < -0.39 is 18.4 Å². The van der Waals surface area contributed by atoms with Gasteiger partial charge in [-0.25, -0.2) is 9.78 Å². The summed E-state index contributed by atoms with van der Waals surface area (Å²) >= 11 is 0. The quantitative estimate of drug-likeness (QED) is 0.409. The van der Waals surface area contributed by atoms with Crippen LogP contribution in [-0.2, 0) is 16.0 Å². The SMILES string of the molecule is CC1(C)CCC(N2CCc3cc(-c4cccc(-c5ncc[nH]5)c4)ccc3C2OC(=O)C(F)(F)F)CC1. The molecule has 1 atom stereocenters. The van der Waals surface area contributed by atoms with Crippen LogP contribution in [-0.4, -0.2) is 39.6 Å². The van der Waals surface area contributed by atoms with Crippen LogP contribution >= 0.6 is 0 Å². The summed E-state index contributed by atoms with van der Waals surface area (Å²) in [5, 5.41) is 0. The summed E-state index contributed by atoms with van der Waals surface area (Å²) in [6, 6.07) is 13.7. The average Bonchev–Trinajstić information content (AvgIpc) is 3.39. The number of rotatable bonds is 4. The first-order valence-electron chi connectivity index (χ1n) is 12.4. The summed E-state index contributed by atoms with van der Waals surface area (Å²) in [4.78, 5) is 21.3. The van der Waals surface area contributed by atoms with E-state index in [-0.39, 0.29) is 11.5 Å². The number of halogens is 3. The number of aromatic nitrogens is 2. The number of hydrogen-bond donors (Lipinski definition) is 1. The lowest BCUT2D eigenvalue weighted by atomic mass is 9.75. The van der Waals surface area contributed by atoms with Crippen molar-refractivity contribution < 1.29 is 22.7 Å². The molecule has 2 heterocycles. The Morgan fingerprint density at radius 3 is 2.50 bits per heavy atom. The van der Waals surface area contributed by atoms with Gasteiger partial charge in [0.2, 0.25) is 0 Å². The molecule has 1 aliphatic heterocycles. The molecule has 2 aliphatic rings. The van der Waals surface area contributed by atoms with E-state index in [0.29, 0.717) is 18.5 Å². The number of alkyl halides is 3. The molecule has 0 spiro atoms. The van der Waals surface area contributed by atoms with E-state index in [9.17, 15) is 18.0 Å². The fourth-order valence-corrected chi connectivity index (χ4v) is 5.45. The van der Waals surface area contributed by atoms with Crippen molar-refractivity contribution in [2.45, 2.75) is 64.4 Å². The van der Waals surface area contributed by atoms with Crippen molar-refractivity contribution in [1.29, 1.82) is 0 Å². The Bertz CT molecular complexity index is 1230. The van der Waals surface area contributed by atoms with Crippen LogP contribution in [0.3, 0.4) is 0 Å². The van der Waals surface area contributed by atoms with Crippen molar-refractivity contribution in [3.05, 3.63) is 66.0 Å². The first-order chi connectivity index (χ1) is 17.1. The van der Waals surface area contributed by atoms with Gasteiger partial charge in [0.15, 0.2) is 6.23 Å². The lowest BCUT2D eigenvalue weighted by Crippen LogP contribution is -2.47. The summed E-state index contributed by atoms with van der Waals surface area (Å²) < 4.78 is 44.7. The van der Waals surface area contributed by atoms with Crippen molar-refractivity contribution in [3.8, 4) is 22.5 Å². The van der Waals surface area contributed by atoms with Crippen molar-refractivity contribution in [1.82, 2.24) is 14.9 Å². The summed E-state index contributed by atoms with van der Waals surface area (Å²) in [5.41, 5.74) is 4.64. The van der Waals surface area contributed by atoms with Crippen LogP contribution in [0.5, 0.6) is 0 Å². The van der Waals surface area contributed by atoms with Gasteiger partial charge in [0, 0.05) is 36.1 Å². The zero-order chi connectivity index (χ0) is 25.5. The largest absolute Gasteiger partial charge is 0.490 e. The Morgan fingerprint density at radius 1 is 1.08 bits per heavy atom. The summed E-state index contributed by atoms with van der Waals surface area (Å²) in [6.07, 6.45) is 1.80. The molecular weight excluding hydrogens is 467 g/mol. The molecular formula is C28H30F3N3O2. The third-order valence-corrected chi connectivity index (χ3v) is 7.54. The maximum absolute atomic E-state index is 13.2. The average molecular weight is 498 g/mol. The zero-order valence-electron chi connectivity index (χ0n) is 20.4. The van der Waals surface area contributed by atoms with Crippen LogP contribution in [0.2, 0.25) is 0 Å². The minimum atomic E-state index is -5.04. The van der Waals surface area contributed by atoms with E-state index in [2.05, 4.69) is 23.8 Å². The van der Waals surface area contributed by atoms with Gasteiger partial charge in [-0.15, -0.1) is 0 Å². The molecule has 36 heavy (non-hydrogen) atoms. The number of nitrogens with zero attached hydrogens (tertiary/aromatic N) is 2. The number of imidazole rings is 1. The zero-order valence-corrected chi connectivity index (χ0v) is 20.4. The summed E-state index contributed by atoms with van der Waals surface area (Å²) in [5.74, 6) is -1.38. The molecule has 3 aromatic rings. The van der Waals surface area contributed by atoms with Crippen molar-refractivity contribution >= 4 is 5.97 Å². The number of carbonyl (C=O) groups is 1. The Labute approximate surface area is 208 Å². The monoisotopic (exact) mass is 497 g/mol. The number of fused-ring (bicyclic) bond motifs is 1. The fraction of sp³-hybridized carbons (Fsp3) is 0.429. The third kappa shape index (κ3) is 5.05. The van der Waals surface area contributed by atoms with E-state index >= 15 is 0 Å². The highest BCUT2D eigenvalue weighted by atomic mass is 19.4. The van der Waals surface area contributed by atoms with Crippen LogP contribution in [0.15, 0.2) is 54.9 Å². The van der Waals surface area contributed by atoms with Gasteiger partial charge >= 0.3 is 12.1 Å². The topological polar surface area (TPSA) is 58.2 Å². The maximum Gasteiger partial charge on any atom is 0.490 e. The number of hydrogen-bond acceptors (Lipinski definition) is 4. The lowest BCUT2D eigenvalue weighted by molar-refractivity contribution is -0.217. The molecule has 0 amide bonds. The van der Waals surface area contributed by atoms with Crippen molar-refractivity contribution in [3.63, 3.8) is 0 Å². The maximum atomic E-state index is 13.2. The van der Waals surface area contributed by atoms with Crippen molar-refractivity contribution in [2.75, 3.05) is 6.54 Å². The number of ether oxygens (including phenoxy) is 1. The number of H-pyrrole nitrogens is 1. The smallest absolute Gasteiger partial charge is 0.435 e. The van der Waals surface area contributed by atoms with Gasteiger partial charge in [-0.3, -0.25) is 4.90 Å². The minimum absolute atomic E-state index is 0.0851. The second-order valence-corrected chi connectivity index (χ2v) is 10.6. The van der Waals surface area contributed by atoms with Crippen LogP contribution in [0.4, 0.5) is 13.2 Å². The van der Waals surface area contributed by atoms with E-state index in [1.54, 1.807) is 12.4 Å². The van der Waals surface area contributed by atoms with E-state index in [4.69, 9.17) is 4.74 Å². The molecule has 5 rings (SSSR count). The molecule has 8 heteroatoms. The standard InChI is InChI=1S/C28H30F3N3O2/c1-27(2)11-8-22(9-12-27)34-15-10-20-16-19(6-7-23(20)25(34)36-26(35)28(29,30)31)18-4-3-5-21(17-18)24-32-13-14-33-24/h3-7,13-14,16-17,22,25H,8-12,15H2,1-2H3,(H,32,33). The second-order valence-electron chi connectivity index (χ2n) is 10.6. The van der Waals surface area contributed by atoms with E-state index in [1.165, 1.54) is 0 Å². The number of aromatic amines is 1. The molecule has 190 valence electrons. The van der Waals surface area contributed by atoms with Crippen LogP contribution in [0, 0.1) is 5.41 Å². The van der Waals surface area contributed by atoms with Gasteiger partial charge in [0.25, 0.3) is 0 Å². The molecule has 1 saturated carbocycles. The molecule has 5 nitrogen and oxygen atoms in total. The second kappa shape index (κ2) is 9.39. The minimum Gasteiger partial charge on any atom is -0.435 e. The predicted molar refractivity (Wildman–Crippen MR) is 131 cm³/mol. The predicted octanol–water partition coefficient (Wildman–Crippen LogP) is 6.67. The number of nitrogens with one attached hydrogen (secondary N) is 1. The molecule has 1 fully saturated rings. The van der Waals surface area contributed by atoms with E-state index in [0.717, 1.165) is 53.8 Å². The Hall–Kier alpha value is -3.13. The lowest BCUT2D eigenvalue weighted by Gasteiger charge is -2.45. The first kappa shape index (κ1) is 24.6. The van der Waals surface area contributed by atoms with Gasteiger partial charge in [-0.2, -0.15) is 13.2 Å². The van der Waals surface area contributed by atoms with Gasteiger partial charge in [0.1, 0.15) is 5.82 Å². The molecule has 2 aromatic carbocycles. The Kier molecular flexibility index (Phi) is 6.41. The number of carbonyl (C=O) groups excluding carboxylic acids is 1. The third-order valence-electron chi connectivity index (χ3n) is 7.54. The normalized spacial score (nSPS) is 20.6. The fourth-order valence-electron chi connectivity index (χ4n) is 5.45. The highest BCUT2D eigenvalue weighted by molar-refractivity contribution is 5.76. The molecule has 0 saturated heterocycles. The molecule has 0 radical (unpaired) electrons. The first-order valence-corrected chi connectivity index (χ1v) is 12.4. The summed E-state index contributed by atoms with van der Waals surface area (Å²) in [6.45, 7) is 4.99. The number of esters is 1. The molecule has 0 bridgehead atoms.